The lowest BCUT2D eigenvalue weighted by Crippen LogP contribution is -2.22. The van der Waals surface area contributed by atoms with E-state index in [-0.39, 0.29) is 0 Å². The topological polar surface area (TPSA) is 3.24 Å². The van der Waals surface area contributed by atoms with Crippen LogP contribution in [0.25, 0.3) is 0 Å². The van der Waals surface area contributed by atoms with Crippen molar-refractivity contribution in [2.45, 2.75) is 19.3 Å². The van der Waals surface area contributed by atoms with E-state index in [1.54, 1.807) is 0 Å². The zero-order valence-corrected chi connectivity index (χ0v) is 13.3. The molecule has 0 atom stereocenters. The summed E-state index contributed by atoms with van der Waals surface area (Å²) in [4.78, 5) is 2.40. The molecule has 23 heavy (non-hydrogen) atoms. The molecule has 0 spiro atoms. The van der Waals surface area contributed by atoms with E-state index in [0.717, 1.165) is 19.3 Å². The molecule has 112 valence electrons. The SMILES string of the molecule is CN1c2ccccc2Cc2ccc3c(c21)Cc1ccccc1C3. The standard InChI is InChI=1S/C22H19N/c1-23-21-9-5-4-8-18(21)13-19-11-10-17-12-15-6-2-3-7-16(15)14-20(17)22(19)23/h2-11H,12-14H2,1H3. The third-order valence-corrected chi connectivity index (χ3v) is 5.40. The minimum Gasteiger partial charge on any atom is -0.344 e. The first-order valence-corrected chi connectivity index (χ1v) is 8.33. The van der Waals surface area contributed by atoms with Crippen LogP contribution in [0.3, 0.4) is 0 Å². The van der Waals surface area contributed by atoms with Gasteiger partial charge in [-0.15, -0.1) is 0 Å². The number of rotatable bonds is 0. The second-order valence-electron chi connectivity index (χ2n) is 6.70. The van der Waals surface area contributed by atoms with E-state index in [4.69, 9.17) is 0 Å². The number of benzene rings is 3. The van der Waals surface area contributed by atoms with Crippen LogP contribution in [0.5, 0.6) is 0 Å². The summed E-state index contributed by atoms with van der Waals surface area (Å²) in [5.74, 6) is 0. The molecule has 1 heteroatoms. The van der Waals surface area contributed by atoms with E-state index in [1.165, 1.54) is 44.8 Å². The Bertz CT molecular complexity index is 923. The lowest BCUT2D eigenvalue weighted by molar-refractivity contribution is 0.958. The van der Waals surface area contributed by atoms with Crippen LogP contribution in [-0.2, 0) is 19.3 Å². The average molecular weight is 297 g/mol. The molecule has 1 aliphatic carbocycles. The Labute approximate surface area is 137 Å². The largest absolute Gasteiger partial charge is 0.344 e. The van der Waals surface area contributed by atoms with E-state index < -0.39 is 0 Å². The first-order chi connectivity index (χ1) is 11.3. The number of hydrogen-bond donors (Lipinski definition) is 0. The molecule has 0 N–H and O–H groups in total. The van der Waals surface area contributed by atoms with Gasteiger partial charge in [-0.1, -0.05) is 54.6 Å². The maximum absolute atomic E-state index is 2.40. The van der Waals surface area contributed by atoms with Crippen molar-refractivity contribution in [3.05, 3.63) is 94.0 Å². The molecule has 0 saturated carbocycles. The Morgan fingerprint density at radius 1 is 0.609 bits per heavy atom. The summed E-state index contributed by atoms with van der Waals surface area (Å²) in [6, 6.07) is 22.4. The van der Waals surface area contributed by atoms with Crippen LogP contribution in [0.4, 0.5) is 11.4 Å². The van der Waals surface area contributed by atoms with Crippen molar-refractivity contribution in [3.8, 4) is 0 Å². The normalized spacial score (nSPS) is 14.6. The van der Waals surface area contributed by atoms with Gasteiger partial charge in [0.25, 0.3) is 0 Å². The number of nitrogens with zero attached hydrogens (tertiary/aromatic N) is 1. The molecule has 1 nitrogen and oxygen atoms in total. The molecule has 5 rings (SSSR count). The number of anilines is 2. The number of para-hydroxylation sites is 1. The summed E-state index contributed by atoms with van der Waals surface area (Å²) in [7, 11) is 2.22. The summed E-state index contributed by atoms with van der Waals surface area (Å²) in [5, 5.41) is 0. The summed E-state index contributed by atoms with van der Waals surface area (Å²) in [5.41, 5.74) is 11.7. The Morgan fingerprint density at radius 2 is 1.22 bits per heavy atom. The lowest BCUT2D eigenvalue weighted by atomic mass is 9.81. The van der Waals surface area contributed by atoms with E-state index in [1.807, 2.05) is 0 Å². The highest BCUT2D eigenvalue weighted by molar-refractivity contribution is 5.78. The third-order valence-electron chi connectivity index (χ3n) is 5.40. The molecule has 1 aliphatic heterocycles. The first-order valence-electron chi connectivity index (χ1n) is 8.33. The van der Waals surface area contributed by atoms with Crippen LogP contribution in [0.2, 0.25) is 0 Å². The summed E-state index contributed by atoms with van der Waals surface area (Å²) in [6.45, 7) is 0. The van der Waals surface area contributed by atoms with E-state index in [2.05, 4.69) is 72.6 Å². The van der Waals surface area contributed by atoms with Crippen molar-refractivity contribution >= 4 is 11.4 Å². The third kappa shape index (κ3) is 1.86. The van der Waals surface area contributed by atoms with Gasteiger partial charge in [0.1, 0.15) is 0 Å². The fraction of sp³-hybridized carbons (Fsp3) is 0.182. The van der Waals surface area contributed by atoms with Crippen molar-refractivity contribution in [1.29, 1.82) is 0 Å². The molecule has 0 aromatic heterocycles. The lowest BCUT2D eigenvalue weighted by Gasteiger charge is -2.34. The van der Waals surface area contributed by atoms with E-state index in [0.29, 0.717) is 0 Å². The zero-order valence-electron chi connectivity index (χ0n) is 13.3. The highest BCUT2D eigenvalue weighted by atomic mass is 15.1. The van der Waals surface area contributed by atoms with Gasteiger partial charge in [0.05, 0.1) is 0 Å². The Morgan fingerprint density at radius 3 is 2.04 bits per heavy atom. The highest BCUT2D eigenvalue weighted by Crippen LogP contribution is 2.43. The van der Waals surface area contributed by atoms with Gasteiger partial charge in [-0.25, -0.2) is 0 Å². The van der Waals surface area contributed by atoms with Gasteiger partial charge in [0.2, 0.25) is 0 Å². The molecule has 3 aromatic rings. The zero-order chi connectivity index (χ0) is 15.4. The fourth-order valence-electron chi connectivity index (χ4n) is 4.26. The number of fused-ring (bicyclic) bond motifs is 5. The van der Waals surface area contributed by atoms with Crippen LogP contribution < -0.4 is 4.90 Å². The molecular weight excluding hydrogens is 278 g/mol. The predicted molar refractivity (Wildman–Crippen MR) is 95.8 cm³/mol. The molecule has 0 amide bonds. The monoisotopic (exact) mass is 297 g/mol. The molecule has 0 radical (unpaired) electrons. The van der Waals surface area contributed by atoms with Gasteiger partial charge in [-0.3, -0.25) is 0 Å². The van der Waals surface area contributed by atoms with E-state index >= 15 is 0 Å². The van der Waals surface area contributed by atoms with Gasteiger partial charge in [-0.05, 0) is 45.9 Å². The molecule has 0 unspecified atom stereocenters. The van der Waals surface area contributed by atoms with Gasteiger partial charge in [0.15, 0.2) is 0 Å². The van der Waals surface area contributed by atoms with Gasteiger partial charge >= 0.3 is 0 Å². The second-order valence-corrected chi connectivity index (χ2v) is 6.70. The van der Waals surface area contributed by atoms with Gasteiger partial charge < -0.3 is 4.90 Å². The van der Waals surface area contributed by atoms with Gasteiger partial charge in [0, 0.05) is 31.3 Å². The molecule has 3 aromatic carbocycles. The van der Waals surface area contributed by atoms with Crippen LogP contribution in [0.1, 0.15) is 33.4 Å². The molecule has 0 fully saturated rings. The molecule has 1 heterocycles. The van der Waals surface area contributed by atoms with Crippen LogP contribution in [-0.4, -0.2) is 7.05 Å². The minimum atomic E-state index is 1.05. The maximum atomic E-state index is 2.40. The quantitative estimate of drug-likeness (QED) is 0.448. The summed E-state index contributed by atoms with van der Waals surface area (Å²) < 4.78 is 0. The molecule has 2 aliphatic rings. The van der Waals surface area contributed by atoms with E-state index in [9.17, 15) is 0 Å². The molecule has 0 bridgehead atoms. The predicted octanol–water partition coefficient (Wildman–Crippen LogP) is 4.85. The van der Waals surface area contributed by atoms with Crippen LogP contribution in [0, 0.1) is 0 Å². The van der Waals surface area contributed by atoms with Crippen molar-refractivity contribution in [3.63, 3.8) is 0 Å². The Hall–Kier alpha value is -2.54. The number of hydrogen-bond acceptors (Lipinski definition) is 1. The molecule has 0 saturated heterocycles. The minimum absolute atomic E-state index is 1.05. The van der Waals surface area contributed by atoms with Crippen molar-refractivity contribution in [2.75, 3.05) is 11.9 Å². The fourth-order valence-corrected chi connectivity index (χ4v) is 4.26. The first kappa shape index (κ1) is 13.0. The summed E-state index contributed by atoms with van der Waals surface area (Å²) >= 11 is 0. The van der Waals surface area contributed by atoms with Gasteiger partial charge in [-0.2, -0.15) is 0 Å². The van der Waals surface area contributed by atoms with Crippen molar-refractivity contribution in [2.24, 2.45) is 0 Å². The van der Waals surface area contributed by atoms with Crippen molar-refractivity contribution in [1.82, 2.24) is 0 Å². The van der Waals surface area contributed by atoms with Crippen molar-refractivity contribution < 1.29 is 0 Å². The smallest absolute Gasteiger partial charge is 0.0482 e. The highest BCUT2D eigenvalue weighted by Gasteiger charge is 2.26. The van der Waals surface area contributed by atoms with Crippen LogP contribution >= 0.6 is 0 Å². The Kier molecular flexibility index (Phi) is 2.66. The second kappa shape index (κ2) is 4.73. The maximum Gasteiger partial charge on any atom is 0.0482 e. The van der Waals surface area contributed by atoms with Crippen LogP contribution in [0.15, 0.2) is 60.7 Å². The average Bonchev–Trinajstić information content (AvgIpc) is 2.60. The Balaban J connectivity index is 1.69. The molecular formula is C22H19N. The summed E-state index contributed by atoms with van der Waals surface area (Å²) in [6.07, 6.45) is 3.17.